The third-order valence-corrected chi connectivity index (χ3v) is 3.37. The van der Waals surface area contributed by atoms with E-state index in [0.717, 1.165) is 36.5 Å². The Labute approximate surface area is 106 Å². The van der Waals surface area contributed by atoms with E-state index in [2.05, 4.69) is 20.4 Å². The third-order valence-electron chi connectivity index (χ3n) is 3.37. The molecule has 1 fully saturated rings. The van der Waals surface area contributed by atoms with Gasteiger partial charge in [0.2, 0.25) is 0 Å². The summed E-state index contributed by atoms with van der Waals surface area (Å²) in [6, 6.07) is 0. The molecule has 18 heavy (non-hydrogen) atoms. The summed E-state index contributed by atoms with van der Waals surface area (Å²) in [5.41, 5.74) is 2.98. The van der Waals surface area contributed by atoms with Crippen LogP contribution in [0.1, 0.15) is 12.1 Å². The Morgan fingerprint density at radius 1 is 1.33 bits per heavy atom. The average molecular weight is 243 g/mol. The molecule has 0 radical (unpaired) electrons. The molecule has 1 unspecified atom stereocenters. The maximum absolute atomic E-state index is 4.50. The van der Waals surface area contributed by atoms with Gasteiger partial charge in [0.15, 0.2) is 0 Å². The maximum atomic E-state index is 4.50. The van der Waals surface area contributed by atoms with Crippen molar-refractivity contribution in [2.75, 3.05) is 13.1 Å². The van der Waals surface area contributed by atoms with Crippen LogP contribution in [0.5, 0.6) is 0 Å². The molecule has 1 aliphatic rings. The van der Waals surface area contributed by atoms with Crippen molar-refractivity contribution in [1.29, 1.82) is 0 Å². The van der Waals surface area contributed by atoms with Gasteiger partial charge in [-0.25, -0.2) is 0 Å². The number of nitrogens with zero attached hydrogens (tertiary/aromatic N) is 4. The van der Waals surface area contributed by atoms with Gasteiger partial charge in [-0.3, -0.25) is 14.6 Å². The quantitative estimate of drug-likeness (QED) is 0.874. The van der Waals surface area contributed by atoms with E-state index in [1.54, 1.807) is 4.68 Å². The van der Waals surface area contributed by atoms with Crippen molar-refractivity contribution < 1.29 is 0 Å². The number of aromatic nitrogens is 4. The highest BCUT2D eigenvalue weighted by Crippen LogP contribution is 2.16. The lowest BCUT2D eigenvalue weighted by Gasteiger charge is -2.07. The van der Waals surface area contributed by atoms with Crippen molar-refractivity contribution >= 4 is 0 Å². The van der Waals surface area contributed by atoms with Crippen LogP contribution in [-0.2, 0) is 13.5 Å². The van der Waals surface area contributed by atoms with Gasteiger partial charge in [-0.05, 0) is 31.8 Å². The van der Waals surface area contributed by atoms with E-state index in [0.29, 0.717) is 5.92 Å². The van der Waals surface area contributed by atoms with Crippen LogP contribution in [0.2, 0.25) is 0 Å². The van der Waals surface area contributed by atoms with Crippen LogP contribution in [0.25, 0.3) is 11.3 Å². The van der Waals surface area contributed by atoms with Gasteiger partial charge < -0.3 is 5.32 Å². The first-order valence-electron chi connectivity index (χ1n) is 6.32. The molecule has 1 N–H and O–H groups in total. The third kappa shape index (κ3) is 2.41. The molecule has 0 saturated carbocycles. The Kier molecular flexibility index (Phi) is 3.06. The highest BCUT2D eigenvalue weighted by molar-refractivity contribution is 5.55. The van der Waals surface area contributed by atoms with Crippen molar-refractivity contribution in [2.45, 2.75) is 12.8 Å². The van der Waals surface area contributed by atoms with Crippen LogP contribution in [0.15, 0.2) is 24.8 Å². The average Bonchev–Trinajstić information content (AvgIpc) is 3.02. The first kappa shape index (κ1) is 11.3. The molecule has 5 heteroatoms. The largest absolute Gasteiger partial charge is 0.316 e. The number of aryl methyl sites for hydroxylation is 1. The molecule has 94 valence electrons. The first-order chi connectivity index (χ1) is 8.81. The Hall–Kier alpha value is -1.75. The van der Waals surface area contributed by atoms with Crippen molar-refractivity contribution in [3.63, 3.8) is 0 Å². The predicted molar refractivity (Wildman–Crippen MR) is 68.9 cm³/mol. The van der Waals surface area contributed by atoms with Crippen LogP contribution >= 0.6 is 0 Å². The van der Waals surface area contributed by atoms with Crippen LogP contribution in [0.3, 0.4) is 0 Å². The lowest BCUT2D eigenvalue weighted by atomic mass is 10.0. The lowest BCUT2D eigenvalue weighted by Crippen LogP contribution is -2.11. The fourth-order valence-electron chi connectivity index (χ4n) is 2.35. The molecule has 3 heterocycles. The highest BCUT2D eigenvalue weighted by atomic mass is 15.2. The summed E-state index contributed by atoms with van der Waals surface area (Å²) in [7, 11) is 1.90. The zero-order chi connectivity index (χ0) is 12.4. The zero-order valence-electron chi connectivity index (χ0n) is 10.5. The van der Waals surface area contributed by atoms with E-state index in [1.165, 1.54) is 6.42 Å². The molecule has 0 aromatic carbocycles. The van der Waals surface area contributed by atoms with Gasteiger partial charge in [-0.15, -0.1) is 0 Å². The first-order valence-corrected chi connectivity index (χ1v) is 6.32. The summed E-state index contributed by atoms with van der Waals surface area (Å²) >= 11 is 0. The van der Waals surface area contributed by atoms with Gasteiger partial charge in [-0.2, -0.15) is 5.10 Å². The summed E-state index contributed by atoms with van der Waals surface area (Å²) in [5.74, 6) is 0.712. The molecule has 3 rings (SSSR count). The normalized spacial score (nSPS) is 19.3. The smallest absolute Gasteiger partial charge is 0.0916 e. The summed E-state index contributed by atoms with van der Waals surface area (Å²) in [4.78, 5) is 8.97. The molecule has 2 aromatic heterocycles. The monoisotopic (exact) mass is 243 g/mol. The number of nitrogens with one attached hydrogen (secondary N) is 1. The molecule has 0 spiro atoms. The fourth-order valence-corrected chi connectivity index (χ4v) is 2.35. The van der Waals surface area contributed by atoms with Crippen LogP contribution in [0, 0.1) is 5.92 Å². The maximum Gasteiger partial charge on any atom is 0.0916 e. The van der Waals surface area contributed by atoms with Gasteiger partial charge in [-0.1, -0.05) is 0 Å². The molecule has 5 nitrogen and oxygen atoms in total. The Morgan fingerprint density at radius 2 is 2.28 bits per heavy atom. The molecule has 2 aromatic rings. The second-order valence-electron chi connectivity index (χ2n) is 4.86. The van der Waals surface area contributed by atoms with Crippen molar-refractivity contribution in [2.24, 2.45) is 13.0 Å². The molecular formula is C13H17N5. The highest BCUT2D eigenvalue weighted by Gasteiger charge is 2.15. The summed E-state index contributed by atoms with van der Waals surface area (Å²) in [5, 5.41) is 7.51. The number of hydrogen-bond acceptors (Lipinski definition) is 4. The standard InChI is InChI=1S/C13H17N5/c1-18-9-11(6-17-18)13-8-15-12(7-16-13)4-10-2-3-14-5-10/h6-10,14H,2-5H2,1H3. The minimum Gasteiger partial charge on any atom is -0.316 e. The molecule has 1 saturated heterocycles. The second kappa shape index (κ2) is 4.86. The molecule has 1 aliphatic heterocycles. The topological polar surface area (TPSA) is 55.6 Å². The van der Waals surface area contributed by atoms with Gasteiger partial charge in [0.1, 0.15) is 0 Å². The van der Waals surface area contributed by atoms with E-state index in [1.807, 2.05) is 31.8 Å². The van der Waals surface area contributed by atoms with Gasteiger partial charge in [0.05, 0.1) is 23.8 Å². The molecular weight excluding hydrogens is 226 g/mol. The molecule has 1 atom stereocenters. The van der Waals surface area contributed by atoms with Crippen molar-refractivity contribution in [1.82, 2.24) is 25.1 Å². The Bertz CT molecular complexity index is 510. The van der Waals surface area contributed by atoms with Gasteiger partial charge in [0.25, 0.3) is 0 Å². The van der Waals surface area contributed by atoms with Gasteiger partial charge in [0, 0.05) is 25.0 Å². The summed E-state index contributed by atoms with van der Waals surface area (Å²) < 4.78 is 1.77. The van der Waals surface area contributed by atoms with E-state index in [9.17, 15) is 0 Å². The lowest BCUT2D eigenvalue weighted by molar-refractivity contribution is 0.570. The molecule has 0 bridgehead atoms. The van der Waals surface area contributed by atoms with Crippen molar-refractivity contribution in [3.8, 4) is 11.3 Å². The van der Waals surface area contributed by atoms with E-state index >= 15 is 0 Å². The Balaban J connectivity index is 1.72. The summed E-state index contributed by atoms with van der Waals surface area (Å²) in [6.07, 6.45) is 9.75. The SMILES string of the molecule is Cn1cc(-c2cnc(CC3CCNC3)cn2)cn1. The minimum absolute atomic E-state index is 0.712. The molecule has 0 aliphatic carbocycles. The predicted octanol–water partition coefficient (Wildman–Crippen LogP) is 1.03. The van der Waals surface area contributed by atoms with E-state index in [4.69, 9.17) is 0 Å². The number of hydrogen-bond donors (Lipinski definition) is 1. The van der Waals surface area contributed by atoms with Crippen molar-refractivity contribution in [3.05, 3.63) is 30.5 Å². The van der Waals surface area contributed by atoms with Gasteiger partial charge >= 0.3 is 0 Å². The number of rotatable bonds is 3. The van der Waals surface area contributed by atoms with Crippen LogP contribution in [0.4, 0.5) is 0 Å². The fraction of sp³-hybridized carbons (Fsp3) is 0.462. The van der Waals surface area contributed by atoms with Crippen LogP contribution in [-0.4, -0.2) is 32.8 Å². The Morgan fingerprint density at radius 3 is 2.89 bits per heavy atom. The summed E-state index contributed by atoms with van der Waals surface area (Å²) in [6.45, 7) is 2.23. The van der Waals surface area contributed by atoms with E-state index in [-0.39, 0.29) is 0 Å². The minimum atomic E-state index is 0.712. The second-order valence-corrected chi connectivity index (χ2v) is 4.86. The van der Waals surface area contributed by atoms with E-state index < -0.39 is 0 Å². The zero-order valence-corrected chi connectivity index (χ0v) is 10.5. The molecule has 0 amide bonds. The van der Waals surface area contributed by atoms with Crippen LogP contribution < -0.4 is 5.32 Å².